The van der Waals surface area contributed by atoms with Crippen molar-refractivity contribution >= 4 is 55.7 Å². The quantitative estimate of drug-likeness (QED) is 0.231. The highest BCUT2D eigenvalue weighted by atomic mass is 127. The summed E-state index contributed by atoms with van der Waals surface area (Å²) < 4.78 is 30.9. The number of nitrogens with zero attached hydrogens (tertiary/aromatic N) is 1. The fraction of sp³-hybridized carbons (Fsp3) is 0.115. The summed E-state index contributed by atoms with van der Waals surface area (Å²) in [5.41, 5.74) is 2.53. The Morgan fingerprint density at radius 1 is 0.914 bits per heavy atom. The molecular formula is C26H22IN3O4S. The molecule has 0 aliphatic heterocycles. The van der Waals surface area contributed by atoms with Gasteiger partial charge in [-0.1, -0.05) is 54.1 Å². The highest BCUT2D eigenvalue weighted by molar-refractivity contribution is 14.1. The topological polar surface area (TPSA) is 105 Å². The van der Waals surface area contributed by atoms with Crippen LogP contribution in [0, 0.1) is 10.5 Å². The number of sulfonamides is 1. The monoisotopic (exact) mass is 599 g/mol. The number of hydrogen-bond donors (Lipinski definition) is 2. The van der Waals surface area contributed by atoms with Crippen molar-refractivity contribution in [1.82, 2.24) is 5.32 Å². The van der Waals surface area contributed by atoms with Crippen LogP contribution >= 0.6 is 22.6 Å². The van der Waals surface area contributed by atoms with Crippen LogP contribution in [0.2, 0.25) is 0 Å². The van der Waals surface area contributed by atoms with Crippen molar-refractivity contribution in [1.29, 1.82) is 0 Å². The Balaban J connectivity index is 1.56. The first kappa shape index (κ1) is 24.8. The molecule has 0 saturated carbocycles. The molecule has 1 aliphatic carbocycles. The minimum absolute atomic E-state index is 0.0884. The smallest absolute Gasteiger partial charge is 0.283 e. The van der Waals surface area contributed by atoms with Gasteiger partial charge < -0.3 is 10.6 Å². The van der Waals surface area contributed by atoms with Crippen molar-refractivity contribution in [2.45, 2.75) is 18.2 Å². The van der Waals surface area contributed by atoms with Gasteiger partial charge in [0.2, 0.25) is 5.78 Å². The van der Waals surface area contributed by atoms with Gasteiger partial charge in [0.1, 0.15) is 5.84 Å². The molecule has 3 aromatic carbocycles. The zero-order chi connectivity index (χ0) is 25.0. The van der Waals surface area contributed by atoms with Crippen LogP contribution in [-0.2, 0) is 10.0 Å². The van der Waals surface area contributed by atoms with E-state index in [1.54, 1.807) is 36.4 Å². The molecule has 0 spiro atoms. The third-order valence-corrected chi connectivity index (χ3v) is 7.61. The number of carbonyl (C=O) groups is 2. The van der Waals surface area contributed by atoms with Gasteiger partial charge in [-0.15, -0.1) is 4.40 Å². The first-order valence-corrected chi connectivity index (χ1v) is 13.3. The molecular weight excluding hydrogens is 577 g/mol. The maximum Gasteiger partial charge on any atom is 0.283 e. The largest absolute Gasteiger partial charge is 0.381 e. The Kier molecular flexibility index (Phi) is 7.46. The molecule has 0 atom stereocenters. The molecule has 0 fully saturated rings. The molecule has 0 bridgehead atoms. The van der Waals surface area contributed by atoms with Crippen LogP contribution in [0.25, 0.3) is 0 Å². The number of hydrogen-bond acceptors (Lipinski definition) is 5. The van der Waals surface area contributed by atoms with Crippen LogP contribution in [-0.4, -0.2) is 32.4 Å². The minimum atomic E-state index is -3.96. The molecule has 0 saturated heterocycles. The van der Waals surface area contributed by atoms with Gasteiger partial charge in [0.25, 0.3) is 10.0 Å². The van der Waals surface area contributed by atoms with E-state index in [0.29, 0.717) is 16.8 Å². The number of nitrogens with one attached hydrogen (secondary N) is 2. The lowest BCUT2D eigenvalue weighted by Crippen LogP contribution is -2.29. The number of allylic oxidation sites excluding steroid dienone is 2. The number of para-hydroxylation sites is 1. The second-order valence-electron chi connectivity index (χ2n) is 7.90. The summed E-state index contributed by atoms with van der Waals surface area (Å²) in [6.45, 7) is 2.06. The number of ketones is 2. The summed E-state index contributed by atoms with van der Waals surface area (Å²) in [5.74, 6) is -0.329. The maximum atomic E-state index is 13.0. The molecule has 0 heterocycles. The normalized spacial score (nSPS) is 13.8. The second kappa shape index (κ2) is 10.5. The Morgan fingerprint density at radius 2 is 1.57 bits per heavy atom. The number of Topliss-reactive ketones (excluding diaryl/α,β-unsaturated/α-hetero) is 1. The van der Waals surface area contributed by atoms with Crippen LogP contribution in [0.5, 0.6) is 0 Å². The van der Waals surface area contributed by atoms with Crippen LogP contribution in [0.1, 0.15) is 32.7 Å². The van der Waals surface area contributed by atoms with Gasteiger partial charge in [-0.25, -0.2) is 0 Å². The number of aryl methyl sites for hydroxylation is 1. The summed E-state index contributed by atoms with van der Waals surface area (Å²) >= 11 is 2.15. The number of carbonyl (C=O) groups excluding carboxylic acids is 2. The van der Waals surface area contributed by atoms with E-state index in [0.717, 1.165) is 9.13 Å². The van der Waals surface area contributed by atoms with E-state index >= 15 is 0 Å². The third kappa shape index (κ3) is 5.85. The molecule has 2 N–H and O–H groups in total. The molecule has 7 nitrogen and oxygen atoms in total. The van der Waals surface area contributed by atoms with Gasteiger partial charge in [0, 0.05) is 33.7 Å². The highest BCUT2D eigenvalue weighted by Crippen LogP contribution is 2.21. The van der Waals surface area contributed by atoms with Crippen molar-refractivity contribution < 1.29 is 18.0 Å². The Labute approximate surface area is 217 Å². The maximum absolute atomic E-state index is 13.0. The highest BCUT2D eigenvalue weighted by Gasteiger charge is 2.25. The van der Waals surface area contributed by atoms with Crippen molar-refractivity contribution in [3.63, 3.8) is 0 Å². The van der Waals surface area contributed by atoms with Crippen molar-refractivity contribution in [3.8, 4) is 0 Å². The van der Waals surface area contributed by atoms with E-state index in [9.17, 15) is 18.0 Å². The second-order valence-corrected chi connectivity index (χ2v) is 10.7. The molecule has 0 amide bonds. The Hall–Kier alpha value is -3.31. The van der Waals surface area contributed by atoms with E-state index in [-0.39, 0.29) is 41.0 Å². The number of amidine groups is 1. The van der Waals surface area contributed by atoms with Gasteiger partial charge in [-0.2, -0.15) is 8.42 Å². The predicted octanol–water partition coefficient (Wildman–Crippen LogP) is 4.74. The molecule has 0 aromatic heterocycles. The van der Waals surface area contributed by atoms with Crippen molar-refractivity contribution in [2.75, 3.05) is 11.9 Å². The Bertz CT molecular complexity index is 1460. The van der Waals surface area contributed by atoms with Crippen LogP contribution < -0.4 is 10.6 Å². The fourth-order valence-electron chi connectivity index (χ4n) is 3.52. The summed E-state index contributed by atoms with van der Waals surface area (Å²) in [5, 5.41) is 6.09. The van der Waals surface area contributed by atoms with Crippen LogP contribution in [0.3, 0.4) is 0 Å². The van der Waals surface area contributed by atoms with Gasteiger partial charge >= 0.3 is 0 Å². The molecule has 1 aliphatic rings. The summed E-state index contributed by atoms with van der Waals surface area (Å²) in [6, 6.07) is 20.6. The number of halogens is 1. The number of anilines is 1. The summed E-state index contributed by atoms with van der Waals surface area (Å²) in [4.78, 5) is 25.3. The van der Waals surface area contributed by atoms with E-state index in [2.05, 4.69) is 37.6 Å². The molecule has 9 heteroatoms. The lowest BCUT2D eigenvalue weighted by atomic mass is 9.93. The third-order valence-electron chi connectivity index (χ3n) is 5.34. The SMILES string of the molecule is Cc1ccc(S(=O)(=O)N=C(CCNC2=CC(=O)c3ccccc3C2=O)Nc2ccccc2I)cc1. The van der Waals surface area contributed by atoms with E-state index in [1.165, 1.54) is 18.2 Å². The van der Waals surface area contributed by atoms with Crippen molar-refractivity contribution in [3.05, 3.63) is 105 Å². The standard InChI is InChI=1S/C26H22IN3O4S/c1-17-10-12-18(13-11-17)35(33,34)30-25(29-22-9-5-4-8-21(22)27)14-15-28-23-16-24(31)19-6-2-3-7-20(19)26(23)32/h2-13,16,28H,14-15H2,1H3,(H,29,30). The average molecular weight is 599 g/mol. The molecule has 4 rings (SSSR count). The van der Waals surface area contributed by atoms with Gasteiger partial charge in [-0.05, 0) is 53.8 Å². The average Bonchev–Trinajstić information content (AvgIpc) is 2.83. The molecule has 178 valence electrons. The Morgan fingerprint density at radius 3 is 2.29 bits per heavy atom. The lowest BCUT2D eigenvalue weighted by Gasteiger charge is -2.17. The molecule has 3 aromatic rings. The first-order valence-electron chi connectivity index (χ1n) is 10.8. The summed E-state index contributed by atoms with van der Waals surface area (Å²) in [7, 11) is -3.96. The van der Waals surface area contributed by atoms with Gasteiger partial charge in [-0.3, -0.25) is 9.59 Å². The minimum Gasteiger partial charge on any atom is -0.381 e. The predicted molar refractivity (Wildman–Crippen MR) is 144 cm³/mol. The number of rotatable bonds is 7. The van der Waals surface area contributed by atoms with Gasteiger partial charge in [0.15, 0.2) is 5.78 Å². The molecule has 0 radical (unpaired) electrons. The van der Waals surface area contributed by atoms with E-state index in [4.69, 9.17) is 0 Å². The first-order chi connectivity index (χ1) is 16.7. The van der Waals surface area contributed by atoms with Crippen molar-refractivity contribution in [2.24, 2.45) is 4.40 Å². The zero-order valence-corrected chi connectivity index (χ0v) is 21.8. The fourth-order valence-corrected chi connectivity index (χ4v) is 5.05. The summed E-state index contributed by atoms with van der Waals surface area (Å²) in [6.07, 6.45) is 1.44. The van der Waals surface area contributed by atoms with Gasteiger partial charge in [0.05, 0.1) is 16.3 Å². The molecule has 0 unspecified atom stereocenters. The lowest BCUT2D eigenvalue weighted by molar-refractivity contribution is 0.0978. The molecule has 35 heavy (non-hydrogen) atoms. The van der Waals surface area contributed by atoms with Crippen LogP contribution in [0.4, 0.5) is 5.69 Å². The van der Waals surface area contributed by atoms with Crippen LogP contribution in [0.15, 0.2) is 93.9 Å². The zero-order valence-electron chi connectivity index (χ0n) is 18.8. The number of fused-ring (bicyclic) bond motifs is 1. The van der Waals surface area contributed by atoms with E-state index in [1.807, 2.05) is 31.2 Å². The van der Waals surface area contributed by atoms with E-state index < -0.39 is 10.0 Å². The number of benzene rings is 3.